The zero-order valence-corrected chi connectivity index (χ0v) is 8.20. The number of hydrogen-bond donors (Lipinski definition) is 1. The largest absolute Gasteiger partial charge is 0.311 e. The lowest BCUT2D eigenvalue weighted by molar-refractivity contribution is 0.730. The van der Waals surface area contributed by atoms with Gasteiger partial charge in [-0.25, -0.2) is 0 Å². The summed E-state index contributed by atoms with van der Waals surface area (Å²) in [6.07, 6.45) is 0. The Morgan fingerprint density at radius 3 is 2.83 bits per heavy atom. The van der Waals surface area contributed by atoms with Gasteiger partial charge in [0.15, 0.2) is 0 Å². The van der Waals surface area contributed by atoms with Crippen molar-refractivity contribution in [1.82, 2.24) is 5.32 Å². The van der Waals surface area contributed by atoms with Crippen LogP contribution in [0, 0.1) is 0 Å². The smallest absolute Gasteiger partial charge is 0.0409 e. The maximum atomic E-state index is 5.80. The molecule has 1 rings (SSSR count). The molecular weight excluding hydrogens is 193 g/mol. The van der Waals surface area contributed by atoms with Crippen molar-refractivity contribution in [2.75, 3.05) is 12.4 Å². The number of halogens is 2. The van der Waals surface area contributed by atoms with Crippen LogP contribution in [0.3, 0.4) is 0 Å². The highest BCUT2D eigenvalue weighted by Crippen LogP contribution is 2.09. The van der Waals surface area contributed by atoms with Gasteiger partial charge in [-0.05, 0) is 17.7 Å². The lowest BCUT2D eigenvalue weighted by Gasteiger charge is -2.02. The molecule has 66 valence electrons. The fraction of sp³-hybridized carbons (Fsp3) is 0.333. The molecule has 1 nitrogen and oxygen atoms in total. The predicted molar refractivity (Wildman–Crippen MR) is 53.9 cm³/mol. The van der Waals surface area contributed by atoms with Gasteiger partial charge in [0, 0.05) is 24.0 Å². The molecule has 0 aliphatic carbocycles. The summed E-state index contributed by atoms with van der Waals surface area (Å²) in [5, 5.41) is 3.97. The first kappa shape index (κ1) is 9.85. The Balaban J connectivity index is 2.41. The van der Waals surface area contributed by atoms with Gasteiger partial charge in [0.2, 0.25) is 0 Å². The van der Waals surface area contributed by atoms with Gasteiger partial charge >= 0.3 is 0 Å². The molecule has 0 heterocycles. The van der Waals surface area contributed by atoms with E-state index < -0.39 is 0 Å². The fourth-order valence-electron chi connectivity index (χ4n) is 0.946. The van der Waals surface area contributed by atoms with E-state index in [4.69, 9.17) is 23.2 Å². The Morgan fingerprint density at radius 1 is 1.33 bits per heavy atom. The second-order valence-electron chi connectivity index (χ2n) is 2.50. The molecule has 0 atom stereocenters. The summed E-state index contributed by atoms with van der Waals surface area (Å²) in [5.41, 5.74) is 1.19. The molecule has 12 heavy (non-hydrogen) atoms. The molecule has 1 aromatic carbocycles. The van der Waals surface area contributed by atoms with Crippen LogP contribution in [0.5, 0.6) is 0 Å². The minimum absolute atomic E-state index is 0.639. The van der Waals surface area contributed by atoms with Crippen LogP contribution in [0.25, 0.3) is 0 Å². The van der Waals surface area contributed by atoms with Crippen LogP contribution in [-0.2, 0) is 6.54 Å². The molecule has 1 N–H and O–H groups in total. The summed E-state index contributed by atoms with van der Waals surface area (Å²) in [6, 6.07) is 7.79. The van der Waals surface area contributed by atoms with Gasteiger partial charge in [0.1, 0.15) is 0 Å². The highest BCUT2D eigenvalue weighted by Gasteiger charge is 1.92. The number of hydrogen-bond acceptors (Lipinski definition) is 1. The zero-order chi connectivity index (χ0) is 8.81. The molecule has 1 aromatic rings. The molecule has 0 saturated carbocycles. The van der Waals surface area contributed by atoms with Crippen molar-refractivity contribution in [3.05, 3.63) is 34.9 Å². The van der Waals surface area contributed by atoms with Gasteiger partial charge in [0.05, 0.1) is 0 Å². The lowest BCUT2D eigenvalue weighted by Crippen LogP contribution is -2.15. The van der Waals surface area contributed by atoms with Crippen LogP contribution < -0.4 is 5.32 Å². The van der Waals surface area contributed by atoms with E-state index in [0.717, 1.165) is 18.1 Å². The molecule has 3 heteroatoms. The van der Waals surface area contributed by atoms with Gasteiger partial charge in [-0.2, -0.15) is 0 Å². The Hall–Kier alpha value is -0.240. The third-order valence-corrected chi connectivity index (χ3v) is 1.91. The summed E-state index contributed by atoms with van der Waals surface area (Å²) in [7, 11) is 0. The molecule has 0 unspecified atom stereocenters. The SMILES string of the molecule is ClCCNCc1cccc(Cl)c1. The van der Waals surface area contributed by atoms with E-state index in [1.165, 1.54) is 5.56 Å². The molecule has 0 aliphatic heterocycles. The first-order chi connectivity index (χ1) is 5.83. The van der Waals surface area contributed by atoms with Crippen LogP contribution in [0.2, 0.25) is 5.02 Å². The van der Waals surface area contributed by atoms with Crippen LogP contribution in [0.4, 0.5) is 0 Å². The van der Waals surface area contributed by atoms with Gasteiger partial charge in [-0.15, -0.1) is 11.6 Å². The van der Waals surface area contributed by atoms with Crippen molar-refractivity contribution in [3.63, 3.8) is 0 Å². The van der Waals surface area contributed by atoms with Crippen molar-refractivity contribution in [3.8, 4) is 0 Å². The van der Waals surface area contributed by atoms with Crippen LogP contribution in [-0.4, -0.2) is 12.4 Å². The molecule has 0 aliphatic rings. The normalized spacial score (nSPS) is 10.2. The van der Waals surface area contributed by atoms with Crippen molar-refractivity contribution in [2.45, 2.75) is 6.54 Å². The van der Waals surface area contributed by atoms with E-state index in [0.29, 0.717) is 5.88 Å². The second kappa shape index (κ2) is 5.41. The maximum absolute atomic E-state index is 5.80. The summed E-state index contributed by atoms with van der Waals surface area (Å²) in [6.45, 7) is 1.65. The number of rotatable bonds is 4. The van der Waals surface area contributed by atoms with Gasteiger partial charge < -0.3 is 5.32 Å². The Kier molecular flexibility index (Phi) is 4.44. The minimum atomic E-state index is 0.639. The van der Waals surface area contributed by atoms with E-state index in [9.17, 15) is 0 Å². The van der Waals surface area contributed by atoms with Crippen LogP contribution in [0.15, 0.2) is 24.3 Å². The third-order valence-electron chi connectivity index (χ3n) is 1.49. The molecule has 0 bridgehead atoms. The van der Waals surface area contributed by atoms with E-state index >= 15 is 0 Å². The van der Waals surface area contributed by atoms with Crippen LogP contribution in [0.1, 0.15) is 5.56 Å². The first-order valence-corrected chi connectivity index (χ1v) is 4.75. The third kappa shape index (κ3) is 3.44. The quantitative estimate of drug-likeness (QED) is 0.587. The lowest BCUT2D eigenvalue weighted by atomic mass is 10.2. The Labute approximate surface area is 82.7 Å². The van der Waals surface area contributed by atoms with E-state index in [1.807, 2.05) is 24.3 Å². The van der Waals surface area contributed by atoms with Crippen LogP contribution >= 0.6 is 23.2 Å². The van der Waals surface area contributed by atoms with Gasteiger partial charge in [0.25, 0.3) is 0 Å². The summed E-state index contributed by atoms with van der Waals surface area (Å²) in [4.78, 5) is 0. The molecule has 0 radical (unpaired) electrons. The minimum Gasteiger partial charge on any atom is -0.311 e. The summed E-state index contributed by atoms with van der Waals surface area (Å²) < 4.78 is 0. The Bertz CT molecular complexity index is 238. The monoisotopic (exact) mass is 203 g/mol. The van der Waals surface area contributed by atoms with E-state index in [-0.39, 0.29) is 0 Å². The maximum Gasteiger partial charge on any atom is 0.0409 e. The number of alkyl halides is 1. The number of nitrogens with one attached hydrogen (secondary N) is 1. The molecule has 0 saturated heterocycles. The zero-order valence-electron chi connectivity index (χ0n) is 6.69. The van der Waals surface area contributed by atoms with Crippen molar-refractivity contribution < 1.29 is 0 Å². The van der Waals surface area contributed by atoms with Gasteiger partial charge in [-0.3, -0.25) is 0 Å². The highest BCUT2D eigenvalue weighted by molar-refractivity contribution is 6.30. The van der Waals surface area contributed by atoms with Crippen molar-refractivity contribution >= 4 is 23.2 Å². The molecule has 0 aromatic heterocycles. The standard InChI is InChI=1S/C9H11Cl2N/c10-4-5-12-7-8-2-1-3-9(11)6-8/h1-3,6,12H,4-5,7H2. The molecule has 0 fully saturated rings. The van der Waals surface area contributed by atoms with Crippen molar-refractivity contribution in [1.29, 1.82) is 0 Å². The molecular formula is C9H11Cl2N. The average molecular weight is 204 g/mol. The topological polar surface area (TPSA) is 12.0 Å². The first-order valence-electron chi connectivity index (χ1n) is 3.84. The van der Waals surface area contributed by atoms with E-state index in [2.05, 4.69) is 5.32 Å². The van der Waals surface area contributed by atoms with Gasteiger partial charge in [-0.1, -0.05) is 23.7 Å². The highest BCUT2D eigenvalue weighted by atomic mass is 35.5. The van der Waals surface area contributed by atoms with Crippen molar-refractivity contribution in [2.24, 2.45) is 0 Å². The fourth-order valence-corrected chi connectivity index (χ4v) is 1.29. The second-order valence-corrected chi connectivity index (χ2v) is 3.31. The number of benzene rings is 1. The Morgan fingerprint density at radius 2 is 2.17 bits per heavy atom. The summed E-state index contributed by atoms with van der Waals surface area (Å²) >= 11 is 11.3. The van der Waals surface area contributed by atoms with E-state index in [1.54, 1.807) is 0 Å². The molecule has 0 spiro atoms. The molecule has 0 amide bonds. The predicted octanol–water partition coefficient (Wildman–Crippen LogP) is 2.67. The summed E-state index contributed by atoms with van der Waals surface area (Å²) in [5.74, 6) is 0.639. The average Bonchev–Trinajstić information content (AvgIpc) is 2.05.